The number of rotatable bonds is 10. The summed E-state index contributed by atoms with van der Waals surface area (Å²) in [6.45, 7) is 6.34. The van der Waals surface area contributed by atoms with E-state index in [0.717, 1.165) is 23.1 Å². The molecule has 0 aliphatic heterocycles. The summed E-state index contributed by atoms with van der Waals surface area (Å²) >= 11 is 0. The molecule has 0 bridgehead atoms. The van der Waals surface area contributed by atoms with Crippen LogP contribution in [-0.4, -0.2) is 47.6 Å². The molecule has 1 heterocycles. The van der Waals surface area contributed by atoms with E-state index in [9.17, 15) is 4.79 Å². The van der Waals surface area contributed by atoms with Gasteiger partial charge in [-0.3, -0.25) is 4.79 Å². The fourth-order valence-electron chi connectivity index (χ4n) is 3.49. The summed E-state index contributed by atoms with van der Waals surface area (Å²) < 4.78 is 5.08. The molecule has 0 fully saturated rings. The van der Waals surface area contributed by atoms with Crippen LogP contribution in [0.1, 0.15) is 40.4 Å². The first-order valence-electron chi connectivity index (χ1n) is 11.0. The lowest BCUT2D eigenvalue weighted by molar-refractivity contribution is 0.0752. The van der Waals surface area contributed by atoms with Crippen molar-refractivity contribution in [2.45, 2.75) is 26.8 Å². The number of carbonyl (C=O) groups is 1. The third-order valence-electron chi connectivity index (χ3n) is 5.24. The quantitative estimate of drug-likeness (QED) is 0.466. The minimum Gasteiger partial charge on any atom is -0.385 e. The van der Waals surface area contributed by atoms with Crippen LogP contribution in [0.25, 0.3) is 11.3 Å². The first-order chi connectivity index (χ1) is 16.0. The molecule has 0 aliphatic carbocycles. The second kappa shape index (κ2) is 11.7. The average molecular weight is 444 g/mol. The Labute approximate surface area is 195 Å². The van der Waals surface area contributed by atoms with Gasteiger partial charge in [0, 0.05) is 45.1 Å². The molecular formula is C26H29N5O2. The van der Waals surface area contributed by atoms with E-state index in [1.54, 1.807) is 30.3 Å². The number of hydrogen-bond donors (Lipinski definition) is 1. The Kier molecular flexibility index (Phi) is 8.50. The van der Waals surface area contributed by atoms with Gasteiger partial charge in [0.2, 0.25) is 5.95 Å². The Morgan fingerprint density at radius 2 is 2.00 bits per heavy atom. The largest absolute Gasteiger partial charge is 0.385 e. The van der Waals surface area contributed by atoms with Crippen LogP contribution in [0, 0.1) is 18.3 Å². The molecule has 0 unspecified atom stereocenters. The van der Waals surface area contributed by atoms with Gasteiger partial charge in [-0.25, -0.2) is 9.97 Å². The summed E-state index contributed by atoms with van der Waals surface area (Å²) in [6, 6.07) is 17.3. The highest BCUT2D eigenvalue weighted by Gasteiger charge is 2.21. The van der Waals surface area contributed by atoms with Gasteiger partial charge in [0.05, 0.1) is 22.9 Å². The molecule has 0 spiro atoms. The maximum Gasteiger partial charge on any atom is 0.257 e. The molecule has 0 radical (unpaired) electrons. The van der Waals surface area contributed by atoms with Crippen molar-refractivity contribution in [2.24, 2.45) is 0 Å². The molecule has 1 N–H and O–H groups in total. The van der Waals surface area contributed by atoms with Gasteiger partial charge in [-0.1, -0.05) is 42.0 Å². The van der Waals surface area contributed by atoms with Crippen LogP contribution in [0.15, 0.2) is 54.7 Å². The second-order valence-electron chi connectivity index (χ2n) is 7.73. The molecule has 170 valence electrons. The first-order valence-corrected chi connectivity index (χ1v) is 11.0. The molecule has 0 aliphatic rings. The number of hydrogen-bond acceptors (Lipinski definition) is 6. The number of nitriles is 1. The lowest BCUT2D eigenvalue weighted by atomic mass is 10.0. The van der Waals surface area contributed by atoms with Gasteiger partial charge in [0.25, 0.3) is 5.91 Å². The Hall–Kier alpha value is -3.76. The van der Waals surface area contributed by atoms with Crippen molar-refractivity contribution >= 4 is 11.9 Å². The summed E-state index contributed by atoms with van der Waals surface area (Å²) in [4.78, 5) is 24.4. The van der Waals surface area contributed by atoms with Crippen LogP contribution < -0.4 is 5.32 Å². The van der Waals surface area contributed by atoms with Crippen molar-refractivity contribution in [2.75, 3.05) is 32.1 Å². The smallest absolute Gasteiger partial charge is 0.257 e. The topological polar surface area (TPSA) is 91.1 Å². The Morgan fingerprint density at radius 3 is 2.67 bits per heavy atom. The van der Waals surface area contributed by atoms with E-state index < -0.39 is 0 Å². The van der Waals surface area contributed by atoms with Crippen LogP contribution >= 0.6 is 0 Å². The molecule has 0 saturated carbocycles. The summed E-state index contributed by atoms with van der Waals surface area (Å²) in [5.41, 5.74) is 4.50. The van der Waals surface area contributed by atoms with Gasteiger partial charge < -0.3 is 15.0 Å². The van der Waals surface area contributed by atoms with Gasteiger partial charge in [-0.15, -0.1) is 0 Å². The summed E-state index contributed by atoms with van der Waals surface area (Å²) in [5, 5.41) is 12.3. The number of methoxy groups -OCH3 is 1. The Balaban J connectivity index is 1.93. The van der Waals surface area contributed by atoms with E-state index in [1.165, 1.54) is 0 Å². The van der Waals surface area contributed by atoms with Crippen LogP contribution in [0.3, 0.4) is 0 Å². The summed E-state index contributed by atoms with van der Waals surface area (Å²) in [7, 11) is 1.66. The number of carbonyl (C=O) groups excluding carboxylic acids is 1. The van der Waals surface area contributed by atoms with Crippen LogP contribution in [-0.2, 0) is 11.3 Å². The van der Waals surface area contributed by atoms with E-state index in [4.69, 9.17) is 10.00 Å². The van der Waals surface area contributed by atoms with Crippen LogP contribution in [0.5, 0.6) is 0 Å². The fraction of sp³-hybridized carbons (Fsp3) is 0.308. The predicted octanol–water partition coefficient (Wildman–Crippen LogP) is 4.43. The van der Waals surface area contributed by atoms with Crippen molar-refractivity contribution in [3.8, 4) is 17.3 Å². The normalized spacial score (nSPS) is 10.5. The van der Waals surface area contributed by atoms with E-state index in [0.29, 0.717) is 49.0 Å². The number of ether oxygens (including phenoxy) is 1. The Morgan fingerprint density at radius 1 is 1.21 bits per heavy atom. The van der Waals surface area contributed by atoms with Gasteiger partial charge in [0.1, 0.15) is 0 Å². The molecule has 2 aromatic carbocycles. The fourth-order valence-corrected chi connectivity index (χ4v) is 3.49. The molecule has 1 amide bonds. The van der Waals surface area contributed by atoms with E-state index in [2.05, 4.69) is 27.4 Å². The molecule has 0 atom stereocenters. The molecule has 33 heavy (non-hydrogen) atoms. The standard InChI is InChI=1S/C26H29N5O2/c1-4-31(18-21-8-5-7-19(2)15-21)25(32)23-17-29-26(28-13-6-14-33-3)30-24(23)22-11-9-20(16-27)10-12-22/h5,7-12,15,17H,4,6,13-14,18H2,1-3H3,(H,28,29,30). The Bertz CT molecular complexity index is 1120. The second-order valence-corrected chi connectivity index (χ2v) is 7.73. The molecule has 3 aromatic rings. The first kappa shape index (κ1) is 23.9. The SMILES string of the molecule is CCN(Cc1cccc(C)c1)C(=O)c1cnc(NCCCOC)nc1-c1ccc(C#N)cc1. The number of nitrogens with zero attached hydrogens (tertiary/aromatic N) is 4. The van der Waals surface area contributed by atoms with Gasteiger partial charge in [0.15, 0.2) is 0 Å². The molecule has 0 saturated heterocycles. The zero-order valence-corrected chi connectivity index (χ0v) is 19.3. The average Bonchev–Trinajstić information content (AvgIpc) is 2.85. The molecule has 7 nitrogen and oxygen atoms in total. The van der Waals surface area contributed by atoms with E-state index >= 15 is 0 Å². The highest BCUT2D eigenvalue weighted by Crippen LogP contribution is 2.25. The maximum absolute atomic E-state index is 13.5. The zero-order chi connectivity index (χ0) is 23.6. The maximum atomic E-state index is 13.5. The number of benzene rings is 2. The zero-order valence-electron chi connectivity index (χ0n) is 19.3. The third-order valence-corrected chi connectivity index (χ3v) is 5.24. The van der Waals surface area contributed by atoms with Crippen LogP contribution in [0.4, 0.5) is 5.95 Å². The molecule has 1 aromatic heterocycles. The predicted molar refractivity (Wildman–Crippen MR) is 129 cm³/mol. The number of anilines is 1. The number of aryl methyl sites for hydroxylation is 1. The molecule has 3 rings (SSSR count). The number of amides is 1. The third kappa shape index (κ3) is 6.37. The minimum atomic E-state index is -0.135. The number of aromatic nitrogens is 2. The van der Waals surface area contributed by atoms with Crippen molar-refractivity contribution in [3.63, 3.8) is 0 Å². The molecular weight excluding hydrogens is 414 g/mol. The van der Waals surface area contributed by atoms with Crippen LogP contribution in [0.2, 0.25) is 0 Å². The van der Waals surface area contributed by atoms with Gasteiger partial charge in [-0.05, 0) is 38.0 Å². The highest BCUT2D eigenvalue weighted by atomic mass is 16.5. The summed E-state index contributed by atoms with van der Waals surface area (Å²) in [5.74, 6) is 0.313. The van der Waals surface area contributed by atoms with Crippen molar-refractivity contribution in [1.29, 1.82) is 5.26 Å². The highest BCUT2D eigenvalue weighted by molar-refractivity contribution is 5.99. The van der Waals surface area contributed by atoms with Gasteiger partial charge >= 0.3 is 0 Å². The lowest BCUT2D eigenvalue weighted by Gasteiger charge is -2.22. The van der Waals surface area contributed by atoms with E-state index in [1.807, 2.05) is 44.2 Å². The summed E-state index contributed by atoms with van der Waals surface area (Å²) in [6.07, 6.45) is 2.40. The van der Waals surface area contributed by atoms with Crippen molar-refractivity contribution in [1.82, 2.24) is 14.9 Å². The monoisotopic (exact) mass is 443 g/mol. The molecule has 7 heteroatoms. The van der Waals surface area contributed by atoms with Gasteiger partial charge in [-0.2, -0.15) is 5.26 Å². The minimum absolute atomic E-state index is 0.135. The van der Waals surface area contributed by atoms with E-state index in [-0.39, 0.29) is 5.91 Å². The lowest BCUT2D eigenvalue weighted by Crippen LogP contribution is -2.31. The number of nitrogens with one attached hydrogen (secondary N) is 1. The van der Waals surface area contributed by atoms with Crippen molar-refractivity contribution < 1.29 is 9.53 Å². The van der Waals surface area contributed by atoms with Crippen molar-refractivity contribution in [3.05, 3.63) is 77.0 Å².